The molecule has 1 unspecified atom stereocenters. The average Bonchev–Trinajstić information content (AvgIpc) is 2.01. The van der Waals surface area contributed by atoms with Crippen molar-refractivity contribution >= 4 is 15.9 Å². The highest BCUT2D eigenvalue weighted by atomic mass is 79.9. The summed E-state index contributed by atoms with van der Waals surface area (Å²) in [4.78, 5) is 0. The molecule has 0 heterocycles. The van der Waals surface area contributed by atoms with Crippen LogP contribution in [0.1, 0.15) is 18.9 Å². The van der Waals surface area contributed by atoms with Crippen LogP contribution in [0.5, 0.6) is 0 Å². The van der Waals surface area contributed by atoms with Crippen molar-refractivity contribution in [2.45, 2.75) is 25.9 Å². The summed E-state index contributed by atoms with van der Waals surface area (Å²) in [5.41, 5.74) is 2.17. The SMILES string of the molecule is C=C(C)CC(O)Cc1cccc(Br)c1. The van der Waals surface area contributed by atoms with Gasteiger partial charge in [0.15, 0.2) is 0 Å². The zero-order valence-corrected chi connectivity index (χ0v) is 9.92. The van der Waals surface area contributed by atoms with Crippen molar-refractivity contribution in [2.75, 3.05) is 0 Å². The molecule has 0 saturated carbocycles. The number of aliphatic hydroxyl groups excluding tert-OH is 1. The predicted octanol–water partition coefficient (Wildman–Crippen LogP) is 3.32. The second-order valence-corrected chi connectivity index (χ2v) is 4.56. The lowest BCUT2D eigenvalue weighted by Crippen LogP contribution is -2.10. The fourth-order valence-corrected chi connectivity index (χ4v) is 1.86. The Morgan fingerprint density at radius 2 is 2.29 bits per heavy atom. The highest BCUT2D eigenvalue weighted by Gasteiger charge is 2.05. The van der Waals surface area contributed by atoms with Crippen LogP contribution in [0.15, 0.2) is 40.9 Å². The molecule has 0 aliphatic heterocycles. The summed E-state index contributed by atoms with van der Waals surface area (Å²) in [6.45, 7) is 5.72. The highest BCUT2D eigenvalue weighted by Crippen LogP contribution is 2.15. The van der Waals surface area contributed by atoms with Crippen molar-refractivity contribution in [1.29, 1.82) is 0 Å². The fourth-order valence-electron chi connectivity index (χ4n) is 1.41. The Hall–Kier alpha value is -0.600. The minimum Gasteiger partial charge on any atom is -0.392 e. The van der Waals surface area contributed by atoms with Gasteiger partial charge in [-0.2, -0.15) is 0 Å². The van der Waals surface area contributed by atoms with Gasteiger partial charge in [-0.1, -0.05) is 33.6 Å². The molecule has 0 aromatic heterocycles. The van der Waals surface area contributed by atoms with Crippen molar-refractivity contribution in [2.24, 2.45) is 0 Å². The van der Waals surface area contributed by atoms with Gasteiger partial charge in [-0.15, -0.1) is 6.58 Å². The number of hydrogen-bond donors (Lipinski definition) is 1. The van der Waals surface area contributed by atoms with Gasteiger partial charge < -0.3 is 5.11 Å². The Bertz CT molecular complexity index is 320. The Morgan fingerprint density at radius 1 is 1.57 bits per heavy atom. The zero-order chi connectivity index (χ0) is 10.6. The fraction of sp³-hybridized carbons (Fsp3) is 0.333. The lowest BCUT2D eigenvalue weighted by atomic mass is 10.0. The van der Waals surface area contributed by atoms with Crippen LogP contribution >= 0.6 is 15.9 Å². The number of hydrogen-bond acceptors (Lipinski definition) is 1. The van der Waals surface area contributed by atoms with Gasteiger partial charge in [-0.25, -0.2) is 0 Å². The van der Waals surface area contributed by atoms with Crippen LogP contribution in [0, 0.1) is 0 Å². The molecule has 1 aromatic carbocycles. The first-order valence-corrected chi connectivity index (χ1v) is 5.44. The lowest BCUT2D eigenvalue weighted by molar-refractivity contribution is 0.175. The van der Waals surface area contributed by atoms with E-state index in [0.717, 1.165) is 15.6 Å². The molecule has 76 valence electrons. The van der Waals surface area contributed by atoms with Crippen LogP contribution in [0.2, 0.25) is 0 Å². The van der Waals surface area contributed by atoms with Gasteiger partial charge in [-0.05, 0) is 37.5 Å². The van der Waals surface area contributed by atoms with E-state index >= 15 is 0 Å². The highest BCUT2D eigenvalue weighted by molar-refractivity contribution is 9.10. The monoisotopic (exact) mass is 254 g/mol. The van der Waals surface area contributed by atoms with E-state index in [9.17, 15) is 5.11 Å². The molecule has 0 aliphatic carbocycles. The molecule has 0 spiro atoms. The Kier molecular flexibility index (Phi) is 4.36. The average molecular weight is 255 g/mol. The zero-order valence-electron chi connectivity index (χ0n) is 8.33. The first-order valence-electron chi connectivity index (χ1n) is 4.65. The van der Waals surface area contributed by atoms with E-state index in [1.807, 2.05) is 31.2 Å². The summed E-state index contributed by atoms with van der Waals surface area (Å²) >= 11 is 3.40. The topological polar surface area (TPSA) is 20.2 Å². The maximum Gasteiger partial charge on any atom is 0.0617 e. The van der Waals surface area contributed by atoms with E-state index in [2.05, 4.69) is 22.5 Å². The van der Waals surface area contributed by atoms with E-state index in [0.29, 0.717) is 12.8 Å². The maximum atomic E-state index is 9.69. The standard InChI is InChI=1S/C12H15BrO/c1-9(2)6-12(14)8-10-4-3-5-11(13)7-10/h3-5,7,12,14H,1,6,8H2,2H3. The molecular weight excluding hydrogens is 240 g/mol. The van der Waals surface area contributed by atoms with E-state index in [1.54, 1.807) is 0 Å². The van der Waals surface area contributed by atoms with Crippen LogP contribution in [0.3, 0.4) is 0 Å². The van der Waals surface area contributed by atoms with E-state index in [1.165, 1.54) is 0 Å². The molecule has 0 saturated heterocycles. The van der Waals surface area contributed by atoms with Gasteiger partial charge in [0.2, 0.25) is 0 Å². The molecule has 14 heavy (non-hydrogen) atoms. The van der Waals surface area contributed by atoms with E-state index in [-0.39, 0.29) is 6.10 Å². The van der Waals surface area contributed by atoms with Gasteiger partial charge in [0.25, 0.3) is 0 Å². The molecular formula is C12H15BrO. The van der Waals surface area contributed by atoms with Crippen LogP contribution in [-0.2, 0) is 6.42 Å². The summed E-state index contributed by atoms with van der Waals surface area (Å²) < 4.78 is 1.05. The number of rotatable bonds is 4. The largest absolute Gasteiger partial charge is 0.392 e. The van der Waals surface area contributed by atoms with Gasteiger partial charge >= 0.3 is 0 Å². The second-order valence-electron chi connectivity index (χ2n) is 3.65. The first-order chi connectivity index (χ1) is 6.58. The third kappa shape index (κ3) is 4.07. The summed E-state index contributed by atoms with van der Waals surface area (Å²) in [6.07, 6.45) is 1.04. The third-order valence-corrected chi connectivity index (χ3v) is 2.44. The van der Waals surface area contributed by atoms with Crippen molar-refractivity contribution in [3.63, 3.8) is 0 Å². The molecule has 0 bridgehead atoms. The van der Waals surface area contributed by atoms with Crippen molar-refractivity contribution in [3.05, 3.63) is 46.5 Å². The minimum absolute atomic E-state index is 0.318. The van der Waals surface area contributed by atoms with Gasteiger partial charge in [0.05, 0.1) is 6.10 Å². The second kappa shape index (κ2) is 5.32. The maximum absolute atomic E-state index is 9.69. The van der Waals surface area contributed by atoms with Gasteiger partial charge in [0, 0.05) is 4.47 Å². The minimum atomic E-state index is -0.318. The summed E-state index contributed by atoms with van der Waals surface area (Å²) in [5, 5.41) is 9.69. The molecule has 1 nitrogen and oxygen atoms in total. The molecule has 1 atom stereocenters. The molecule has 1 N–H and O–H groups in total. The first kappa shape index (κ1) is 11.5. The van der Waals surface area contributed by atoms with Crippen molar-refractivity contribution in [1.82, 2.24) is 0 Å². The normalized spacial score (nSPS) is 12.5. The van der Waals surface area contributed by atoms with Gasteiger partial charge in [0.1, 0.15) is 0 Å². The van der Waals surface area contributed by atoms with Crippen LogP contribution in [0.25, 0.3) is 0 Å². The Balaban J connectivity index is 2.55. The molecule has 0 amide bonds. The molecule has 2 heteroatoms. The number of aliphatic hydroxyl groups is 1. The summed E-state index contributed by atoms with van der Waals surface area (Å²) in [7, 11) is 0. The quantitative estimate of drug-likeness (QED) is 0.818. The number of benzene rings is 1. The van der Waals surface area contributed by atoms with Crippen LogP contribution in [0.4, 0.5) is 0 Å². The predicted molar refractivity (Wildman–Crippen MR) is 63.3 cm³/mol. The van der Waals surface area contributed by atoms with E-state index in [4.69, 9.17) is 0 Å². The molecule has 0 radical (unpaired) electrons. The van der Waals surface area contributed by atoms with Crippen molar-refractivity contribution < 1.29 is 5.11 Å². The smallest absolute Gasteiger partial charge is 0.0617 e. The lowest BCUT2D eigenvalue weighted by Gasteiger charge is -2.10. The molecule has 0 fully saturated rings. The van der Waals surface area contributed by atoms with E-state index < -0.39 is 0 Å². The molecule has 1 aromatic rings. The Labute approximate surface area is 93.6 Å². The summed E-state index contributed by atoms with van der Waals surface area (Å²) in [5.74, 6) is 0. The van der Waals surface area contributed by atoms with Crippen LogP contribution in [-0.4, -0.2) is 11.2 Å². The van der Waals surface area contributed by atoms with Gasteiger partial charge in [-0.3, -0.25) is 0 Å². The van der Waals surface area contributed by atoms with Crippen LogP contribution < -0.4 is 0 Å². The molecule has 0 aliphatic rings. The number of halogens is 1. The third-order valence-electron chi connectivity index (χ3n) is 1.94. The molecule has 1 rings (SSSR count). The Morgan fingerprint density at radius 3 is 2.86 bits per heavy atom. The summed E-state index contributed by atoms with van der Waals surface area (Å²) in [6, 6.07) is 8.01. The van der Waals surface area contributed by atoms with Crippen molar-refractivity contribution in [3.8, 4) is 0 Å².